The Kier molecular flexibility index (Phi) is 11.2. The van der Waals surface area contributed by atoms with Gasteiger partial charge >= 0.3 is 0 Å². The van der Waals surface area contributed by atoms with Crippen molar-refractivity contribution in [3.05, 3.63) is 120 Å². The van der Waals surface area contributed by atoms with Crippen LogP contribution in [0.5, 0.6) is 0 Å². The molecule has 1 aliphatic rings. The average molecular weight is 637 g/mol. The van der Waals surface area contributed by atoms with Gasteiger partial charge in [-0.2, -0.15) is 0 Å². The minimum Gasteiger partial charge on any atom is -0.374 e. The summed E-state index contributed by atoms with van der Waals surface area (Å²) in [7, 11) is 0. The summed E-state index contributed by atoms with van der Waals surface area (Å²) in [6, 6.07) is 27.9. The van der Waals surface area contributed by atoms with Gasteiger partial charge in [-0.1, -0.05) is 91.0 Å². The smallest absolute Gasteiger partial charge is 0.250 e. The standard InChI is InChI=1S/C37H44N6O4/c1-37(2,38)36(46)40-31(25-47-24-29-14-8-4-9-15-29)34(44)41-32-23-43(26-39-32)33(30-16-10-5-11-17-30)35(45)42-20-18-28(19-21-42)22-27-12-6-3-7-13-27/h3-17,23,26,28,31,33H,18-22,24-25,38H2,1-2H3,(H,40,46)(H,41,44). The van der Waals surface area contributed by atoms with Crippen molar-refractivity contribution >= 4 is 23.5 Å². The van der Waals surface area contributed by atoms with Crippen molar-refractivity contribution in [3.8, 4) is 0 Å². The Balaban J connectivity index is 1.27. The van der Waals surface area contributed by atoms with E-state index in [9.17, 15) is 14.4 Å². The van der Waals surface area contributed by atoms with E-state index in [0.717, 1.165) is 30.4 Å². The van der Waals surface area contributed by atoms with Crippen molar-refractivity contribution in [1.29, 1.82) is 0 Å². The lowest BCUT2D eigenvalue weighted by molar-refractivity contribution is -0.135. The van der Waals surface area contributed by atoms with E-state index in [0.29, 0.717) is 19.0 Å². The van der Waals surface area contributed by atoms with Gasteiger partial charge in [0, 0.05) is 19.3 Å². The Hall–Kier alpha value is -4.80. The number of rotatable bonds is 13. The number of anilines is 1. The fourth-order valence-corrected chi connectivity index (χ4v) is 5.71. The average Bonchev–Trinajstić information content (AvgIpc) is 3.53. The number of likely N-dealkylation sites (tertiary alicyclic amines) is 1. The predicted molar refractivity (Wildman–Crippen MR) is 181 cm³/mol. The van der Waals surface area contributed by atoms with Crippen molar-refractivity contribution < 1.29 is 19.1 Å². The molecule has 2 atom stereocenters. The SMILES string of the molecule is CC(C)(N)C(=O)NC(COCc1ccccc1)C(=O)Nc1cn(C(C(=O)N2CCC(Cc3ccccc3)CC2)c2ccccc2)cn1. The number of hydrogen-bond acceptors (Lipinski definition) is 6. The molecule has 1 aliphatic heterocycles. The Morgan fingerprint density at radius 2 is 1.51 bits per heavy atom. The molecular weight excluding hydrogens is 592 g/mol. The monoisotopic (exact) mass is 636 g/mol. The molecule has 1 aromatic heterocycles. The Labute approximate surface area is 276 Å². The number of carbonyl (C=O) groups excluding carboxylic acids is 3. The van der Waals surface area contributed by atoms with Gasteiger partial charge in [0.05, 0.1) is 25.1 Å². The molecule has 2 unspecified atom stereocenters. The molecule has 0 aliphatic carbocycles. The quantitative estimate of drug-likeness (QED) is 0.200. The maximum Gasteiger partial charge on any atom is 0.250 e. The Morgan fingerprint density at radius 1 is 0.915 bits per heavy atom. The van der Waals surface area contributed by atoms with Crippen LogP contribution in [0.2, 0.25) is 0 Å². The van der Waals surface area contributed by atoms with Crippen molar-refractivity contribution in [2.24, 2.45) is 11.7 Å². The second-order valence-electron chi connectivity index (χ2n) is 12.7. The largest absolute Gasteiger partial charge is 0.374 e. The summed E-state index contributed by atoms with van der Waals surface area (Å²) in [4.78, 5) is 46.6. The third kappa shape index (κ3) is 9.37. The molecule has 2 heterocycles. The first-order valence-electron chi connectivity index (χ1n) is 16.1. The minimum atomic E-state index is -1.20. The number of amides is 3. The third-order valence-electron chi connectivity index (χ3n) is 8.40. The summed E-state index contributed by atoms with van der Waals surface area (Å²) < 4.78 is 7.53. The third-order valence-corrected chi connectivity index (χ3v) is 8.40. The highest BCUT2D eigenvalue weighted by Gasteiger charge is 2.32. The summed E-state index contributed by atoms with van der Waals surface area (Å²) in [6.45, 7) is 4.69. The molecule has 47 heavy (non-hydrogen) atoms. The van der Waals surface area contributed by atoms with Crippen LogP contribution in [-0.2, 0) is 32.1 Å². The van der Waals surface area contributed by atoms with Crippen LogP contribution in [0.25, 0.3) is 0 Å². The first-order valence-corrected chi connectivity index (χ1v) is 16.1. The number of aromatic nitrogens is 2. The number of carbonyl (C=O) groups is 3. The van der Waals surface area contributed by atoms with Gasteiger partial charge in [0.1, 0.15) is 12.1 Å². The van der Waals surface area contributed by atoms with Crippen LogP contribution >= 0.6 is 0 Å². The second-order valence-corrected chi connectivity index (χ2v) is 12.7. The lowest BCUT2D eigenvalue weighted by Gasteiger charge is -2.34. The first kappa shape index (κ1) is 33.6. The van der Waals surface area contributed by atoms with E-state index in [1.165, 1.54) is 5.56 Å². The number of imidazole rings is 1. The number of piperidine rings is 1. The predicted octanol–water partition coefficient (Wildman–Crippen LogP) is 4.33. The number of nitrogens with zero attached hydrogens (tertiary/aromatic N) is 3. The lowest BCUT2D eigenvalue weighted by atomic mass is 9.89. The van der Waals surface area contributed by atoms with Crippen LogP contribution in [0, 0.1) is 5.92 Å². The summed E-state index contributed by atoms with van der Waals surface area (Å²) >= 11 is 0. The maximum atomic E-state index is 14.1. The molecule has 0 spiro atoms. The molecule has 1 fully saturated rings. The molecule has 4 N–H and O–H groups in total. The van der Waals surface area contributed by atoms with E-state index in [4.69, 9.17) is 10.5 Å². The van der Waals surface area contributed by atoms with Gasteiger partial charge in [-0.15, -0.1) is 0 Å². The summed E-state index contributed by atoms with van der Waals surface area (Å²) in [6.07, 6.45) is 6.08. The van der Waals surface area contributed by atoms with E-state index in [1.807, 2.05) is 71.6 Å². The van der Waals surface area contributed by atoms with Crippen LogP contribution in [0.4, 0.5) is 5.82 Å². The zero-order chi connectivity index (χ0) is 33.2. The Bertz CT molecular complexity index is 1600. The van der Waals surface area contributed by atoms with Crippen molar-refractivity contribution in [2.45, 2.75) is 57.3 Å². The summed E-state index contributed by atoms with van der Waals surface area (Å²) in [5.74, 6) is -0.242. The van der Waals surface area contributed by atoms with E-state index in [2.05, 4.69) is 39.9 Å². The summed E-state index contributed by atoms with van der Waals surface area (Å²) in [5.41, 5.74) is 7.88. The molecule has 1 saturated heterocycles. The highest BCUT2D eigenvalue weighted by Crippen LogP contribution is 2.27. The first-order chi connectivity index (χ1) is 22.7. The number of benzene rings is 3. The fraction of sp³-hybridized carbons (Fsp3) is 0.351. The molecule has 0 radical (unpaired) electrons. The Morgan fingerprint density at radius 3 is 2.13 bits per heavy atom. The van der Waals surface area contributed by atoms with E-state index < -0.39 is 29.4 Å². The zero-order valence-corrected chi connectivity index (χ0v) is 27.0. The van der Waals surface area contributed by atoms with E-state index in [1.54, 1.807) is 30.9 Å². The van der Waals surface area contributed by atoms with Gasteiger partial charge in [0.25, 0.3) is 5.91 Å². The van der Waals surface area contributed by atoms with Crippen LogP contribution < -0.4 is 16.4 Å². The van der Waals surface area contributed by atoms with Gasteiger partial charge in [-0.25, -0.2) is 4.98 Å². The highest BCUT2D eigenvalue weighted by molar-refractivity contribution is 5.98. The molecule has 5 rings (SSSR count). The second kappa shape index (κ2) is 15.7. The topological polar surface area (TPSA) is 132 Å². The lowest BCUT2D eigenvalue weighted by Crippen LogP contribution is -2.56. The van der Waals surface area contributed by atoms with Gasteiger partial charge in [0.2, 0.25) is 11.8 Å². The molecule has 0 saturated carbocycles. The minimum absolute atomic E-state index is 0.0192. The van der Waals surface area contributed by atoms with Gasteiger partial charge in [-0.3, -0.25) is 14.4 Å². The normalized spacial score (nSPS) is 15.1. The molecule has 0 bridgehead atoms. The highest BCUT2D eigenvalue weighted by atomic mass is 16.5. The molecule has 10 nitrogen and oxygen atoms in total. The van der Waals surface area contributed by atoms with Gasteiger partial charge in [0.15, 0.2) is 5.82 Å². The van der Waals surface area contributed by atoms with Crippen LogP contribution in [0.15, 0.2) is 104 Å². The van der Waals surface area contributed by atoms with Crippen LogP contribution in [0.3, 0.4) is 0 Å². The number of nitrogens with two attached hydrogens (primary N) is 1. The maximum absolute atomic E-state index is 14.1. The molecule has 3 amide bonds. The zero-order valence-electron chi connectivity index (χ0n) is 27.0. The number of hydrogen-bond donors (Lipinski definition) is 3. The van der Waals surface area contributed by atoms with Gasteiger partial charge < -0.3 is 30.6 Å². The van der Waals surface area contributed by atoms with E-state index in [-0.39, 0.29) is 24.9 Å². The van der Waals surface area contributed by atoms with Crippen LogP contribution in [-0.4, -0.2) is 63.4 Å². The van der Waals surface area contributed by atoms with Crippen molar-refractivity contribution in [2.75, 3.05) is 25.0 Å². The van der Waals surface area contributed by atoms with Crippen LogP contribution in [0.1, 0.15) is 49.4 Å². The number of nitrogens with one attached hydrogen (secondary N) is 2. The van der Waals surface area contributed by atoms with Crippen molar-refractivity contribution in [1.82, 2.24) is 19.8 Å². The molecular formula is C37H44N6O4. The molecule has 3 aromatic carbocycles. The summed E-state index contributed by atoms with van der Waals surface area (Å²) in [5, 5.41) is 5.49. The fourth-order valence-electron chi connectivity index (χ4n) is 5.71. The molecule has 4 aromatic rings. The molecule has 10 heteroatoms. The molecule has 246 valence electrons. The number of ether oxygens (including phenoxy) is 1. The van der Waals surface area contributed by atoms with E-state index >= 15 is 0 Å². The van der Waals surface area contributed by atoms with Crippen molar-refractivity contribution in [3.63, 3.8) is 0 Å². The van der Waals surface area contributed by atoms with Gasteiger partial charge in [-0.05, 0) is 55.7 Å².